The second-order valence-corrected chi connectivity index (χ2v) is 7.75. The molecule has 13 heteroatoms. The predicted molar refractivity (Wildman–Crippen MR) is 116 cm³/mol. The molecule has 4 N–H and O–H groups in total. The van der Waals surface area contributed by atoms with E-state index in [1.54, 1.807) is 0 Å². The van der Waals surface area contributed by atoms with E-state index in [2.05, 4.69) is 30.6 Å². The maximum atomic E-state index is 12.8. The van der Waals surface area contributed by atoms with Crippen molar-refractivity contribution >= 4 is 11.7 Å². The van der Waals surface area contributed by atoms with Crippen molar-refractivity contribution < 1.29 is 32.9 Å². The van der Waals surface area contributed by atoms with Crippen LogP contribution in [0.4, 0.5) is 19.0 Å². The molecule has 35 heavy (non-hydrogen) atoms. The van der Waals surface area contributed by atoms with Gasteiger partial charge in [0.15, 0.2) is 5.69 Å². The molecule has 0 spiro atoms. The van der Waals surface area contributed by atoms with Crippen molar-refractivity contribution in [3.8, 4) is 11.3 Å². The second kappa shape index (κ2) is 10.3. The molecule has 4 rings (SSSR count). The minimum absolute atomic E-state index is 0.0539. The predicted octanol–water partition coefficient (Wildman–Crippen LogP) is 1.28. The first-order chi connectivity index (χ1) is 16.7. The summed E-state index contributed by atoms with van der Waals surface area (Å²) in [6, 6.07) is 8.35. The van der Waals surface area contributed by atoms with Crippen LogP contribution in [0.2, 0.25) is 0 Å². The van der Waals surface area contributed by atoms with Gasteiger partial charge in [0.05, 0.1) is 43.1 Å². The number of carbonyl (C=O) groups is 1. The number of ether oxygens (including phenoxy) is 1. The van der Waals surface area contributed by atoms with Crippen LogP contribution < -0.4 is 10.6 Å². The number of amides is 1. The lowest BCUT2D eigenvalue weighted by molar-refractivity contribution is -0.141. The Morgan fingerprint density at radius 2 is 1.83 bits per heavy atom. The fourth-order valence-electron chi connectivity index (χ4n) is 3.44. The molecule has 0 aliphatic carbocycles. The van der Waals surface area contributed by atoms with Crippen LogP contribution in [0.15, 0.2) is 55.1 Å². The number of anilines is 1. The minimum atomic E-state index is -4.68. The summed E-state index contributed by atoms with van der Waals surface area (Å²) in [5.74, 6) is -0.786. The van der Waals surface area contributed by atoms with E-state index in [-0.39, 0.29) is 24.7 Å². The van der Waals surface area contributed by atoms with Gasteiger partial charge in [-0.25, -0.2) is 9.97 Å². The Morgan fingerprint density at radius 3 is 2.51 bits per heavy atom. The third-order valence-electron chi connectivity index (χ3n) is 5.31. The fourth-order valence-corrected chi connectivity index (χ4v) is 3.44. The number of alkyl halides is 3. The van der Waals surface area contributed by atoms with E-state index in [9.17, 15) is 28.2 Å². The lowest BCUT2D eigenvalue weighted by Gasteiger charge is -2.38. The number of aliphatic hydroxyl groups excluding tert-OH is 2. The number of nitrogens with zero attached hydrogens (tertiary/aromatic N) is 4. The van der Waals surface area contributed by atoms with Crippen molar-refractivity contribution in [1.82, 2.24) is 25.3 Å². The number of benzene rings is 1. The number of carbonyl (C=O) groups excluding carboxylic acids is 1. The molecule has 0 bridgehead atoms. The lowest BCUT2D eigenvalue weighted by atomic mass is 9.98. The van der Waals surface area contributed by atoms with E-state index in [4.69, 9.17) is 4.74 Å². The number of hydrogen-bond donors (Lipinski definition) is 4. The van der Waals surface area contributed by atoms with Crippen molar-refractivity contribution in [2.45, 2.75) is 30.5 Å². The number of rotatable bonds is 6. The summed E-state index contributed by atoms with van der Waals surface area (Å²) in [7, 11) is 0. The van der Waals surface area contributed by atoms with Gasteiger partial charge in [-0.2, -0.15) is 13.2 Å². The van der Waals surface area contributed by atoms with Crippen molar-refractivity contribution in [3.63, 3.8) is 0 Å². The van der Waals surface area contributed by atoms with Crippen LogP contribution in [0, 0.1) is 0 Å². The molecule has 2 aromatic heterocycles. The topological polar surface area (TPSA) is 142 Å². The van der Waals surface area contributed by atoms with E-state index < -0.39 is 42.1 Å². The van der Waals surface area contributed by atoms with E-state index in [1.165, 1.54) is 12.4 Å². The molecule has 3 aromatic rings. The SMILES string of the molecule is O=C(NC[C@H]1OC[C@H](Nc2cncc(C(F)(F)F)n2)[C@@H](O)[C@H]1O)c1cnc(-c2ccccc2)cn1. The number of hydrogen-bond acceptors (Lipinski definition) is 9. The van der Waals surface area contributed by atoms with Gasteiger partial charge in [0.1, 0.15) is 29.8 Å². The Labute approximate surface area is 197 Å². The molecule has 1 saturated heterocycles. The monoisotopic (exact) mass is 490 g/mol. The first-order valence-corrected chi connectivity index (χ1v) is 10.5. The smallest absolute Gasteiger partial charge is 0.388 e. The number of nitrogens with one attached hydrogen (secondary N) is 2. The van der Waals surface area contributed by atoms with Gasteiger partial charge in [-0.15, -0.1) is 0 Å². The van der Waals surface area contributed by atoms with Gasteiger partial charge in [-0.1, -0.05) is 30.3 Å². The van der Waals surface area contributed by atoms with Crippen LogP contribution in [0.3, 0.4) is 0 Å². The summed E-state index contributed by atoms with van der Waals surface area (Å²) in [4.78, 5) is 27.6. The highest BCUT2D eigenvalue weighted by Crippen LogP contribution is 2.28. The second-order valence-electron chi connectivity index (χ2n) is 7.75. The molecule has 3 heterocycles. The van der Waals surface area contributed by atoms with Gasteiger partial charge >= 0.3 is 6.18 Å². The first kappa shape index (κ1) is 24.4. The first-order valence-electron chi connectivity index (χ1n) is 10.5. The van der Waals surface area contributed by atoms with E-state index in [0.29, 0.717) is 11.9 Å². The maximum absolute atomic E-state index is 12.8. The standard InChI is InChI=1S/C22H21F3N6O4/c23-22(24,25)17-9-26-10-18(31-17)30-15-11-35-16(20(33)19(15)32)8-29-21(34)14-7-27-13(6-28-14)12-4-2-1-3-5-12/h1-7,9-10,15-16,19-20,32-33H,8,11H2,(H,29,34)(H,30,31)/t15-,16+,19+,20-/m0/s1. The number of aromatic nitrogens is 4. The summed E-state index contributed by atoms with van der Waals surface area (Å²) < 4.78 is 44.0. The molecule has 1 fully saturated rings. The zero-order chi connectivity index (χ0) is 25.0. The number of aliphatic hydroxyl groups is 2. The summed E-state index contributed by atoms with van der Waals surface area (Å²) in [6.07, 6.45) is -4.07. The third kappa shape index (κ3) is 5.88. The maximum Gasteiger partial charge on any atom is 0.434 e. The zero-order valence-corrected chi connectivity index (χ0v) is 18.1. The number of halogens is 3. The molecule has 0 saturated carbocycles. The molecular formula is C22H21F3N6O4. The van der Waals surface area contributed by atoms with Crippen molar-refractivity contribution in [2.75, 3.05) is 18.5 Å². The fraction of sp³-hybridized carbons (Fsp3) is 0.318. The van der Waals surface area contributed by atoms with Gasteiger partial charge in [0.2, 0.25) is 0 Å². The normalized spacial score (nSPS) is 22.4. The Bertz CT molecular complexity index is 1150. The van der Waals surface area contributed by atoms with Gasteiger partial charge in [0.25, 0.3) is 5.91 Å². The van der Waals surface area contributed by atoms with Crippen LogP contribution in [-0.4, -0.2) is 73.6 Å². The highest BCUT2D eigenvalue weighted by atomic mass is 19.4. The van der Waals surface area contributed by atoms with Crippen LogP contribution in [0.1, 0.15) is 16.2 Å². The quantitative estimate of drug-likeness (QED) is 0.402. The average molecular weight is 490 g/mol. The van der Waals surface area contributed by atoms with Crippen molar-refractivity contribution in [1.29, 1.82) is 0 Å². The molecule has 4 atom stereocenters. The zero-order valence-electron chi connectivity index (χ0n) is 18.1. The molecule has 1 aliphatic rings. The molecule has 10 nitrogen and oxygen atoms in total. The highest BCUT2D eigenvalue weighted by Gasteiger charge is 2.39. The Kier molecular flexibility index (Phi) is 7.19. The lowest BCUT2D eigenvalue weighted by Crippen LogP contribution is -2.58. The van der Waals surface area contributed by atoms with E-state index in [1.807, 2.05) is 30.3 Å². The summed E-state index contributed by atoms with van der Waals surface area (Å²) >= 11 is 0. The minimum Gasteiger partial charge on any atom is -0.388 e. The third-order valence-corrected chi connectivity index (χ3v) is 5.31. The molecule has 0 unspecified atom stereocenters. The summed E-state index contributed by atoms with van der Waals surface area (Å²) in [5, 5.41) is 26.0. The van der Waals surface area contributed by atoms with Crippen LogP contribution in [-0.2, 0) is 10.9 Å². The summed E-state index contributed by atoms with van der Waals surface area (Å²) in [6.45, 7) is -0.308. The summed E-state index contributed by atoms with van der Waals surface area (Å²) in [5.41, 5.74) is 0.298. The average Bonchev–Trinajstić information content (AvgIpc) is 2.86. The van der Waals surface area contributed by atoms with E-state index in [0.717, 1.165) is 11.8 Å². The molecular weight excluding hydrogens is 469 g/mol. The van der Waals surface area contributed by atoms with Crippen LogP contribution >= 0.6 is 0 Å². The Hall–Kier alpha value is -3.68. The van der Waals surface area contributed by atoms with Gasteiger partial charge in [0, 0.05) is 12.1 Å². The van der Waals surface area contributed by atoms with E-state index >= 15 is 0 Å². The van der Waals surface area contributed by atoms with Crippen LogP contribution in [0.5, 0.6) is 0 Å². The van der Waals surface area contributed by atoms with Gasteiger partial charge in [-0.3, -0.25) is 14.8 Å². The molecule has 0 radical (unpaired) electrons. The van der Waals surface area contributed by atoms with Crippen LogP contribution in [0.25, 0.3) is 11.3 Å². The van der Waals surface area contributed by atoms with Gasteiger partial charge in [-0.05, 0) is 0 Å². The van der Waals surface area contributed by atoms with Gasteiger partial charge < -0.3 is 25.6 Å². The molecule has 184 valence electrons. The molecule has 1 aliphatic heterocycles. The van der Waals surface area contributed by atoms with Crippen molar-refractivity contribution in [3.05, 3.63) is 66.5 Å². The van der Waals surface area contributed by atoms with Crippen molar-refractivity contribution in [2.24, 2.45) is 0 Å². The Morgan fingerprint density at radius 1 is 1.06 bits per heavy atom. The largest absolute Gasteiger partial charge is 0.434 e. The molecule has 1 aromatic carbocycles. The Balaban J connectivity index is 1.31. The highest BCUT2D eigenvalue weighted by molar-refractivity contribution is 5.92. The molecule has 1 amide bonds.